The summed E-state index contributed by atoms with van der Waals surface area (Å²) in [6, 6.07) is 0. The highest BCUT2D eigenvalue weighted by atomic mass is 32.2. The first-order valence-electron chi connectivity index (χ1n) is 8.81. The molecule has 0 aliphatic rings. The van der Waals surface area contributed by atoms with E-state index in [1.165, 1.54) is 76.4 Å². The second-order valence-corrected chi connectivity index (χ2v) is 8.05. The van der Waals surface area contributed by atoms with Crippen molar-refractivity contribution in [3.05, 3.63) is 0 Å². The monoisotopic (exact) mass is 318 g/mol. The molecule has 0 saturated carbocycles. The number of hydrogen-bond acceptors (Lipinski definition) is 2. The van der Waals surface area contributed by atoms with Crippen molar-refractivity contribution in [3.8, 4) is 0 Å². The highest BCUT2D eigenvalue weighted by molar-refractivity contribution is 7.99. The lowest BCUT2D eigenvalue weighted by Gasteiger charge is -2.24. The van der Waals surface area contributed by atoms with Crippen LogP contribution in [0.1, 0.15) is 84.5 Å². The fraction of sp³-hybridized carbons (Fsp3) is 1.00. The summed E-state index contributed by atoms with van der Waals surface area (Å²) in [5.74, 6) is 2.33. The summed E-state index contributed by atoms with van der Waals surface area (Å²) in [6.45, 7) is 4.69. The first kappa shape index (κ1) is 20.7. The molecular formula is C18H38S2. The van der Waals surface area contributed by atoms with Gasteiger partial charge in [-0.05, 0) is 49.9 Å². The molecule has 122 valence electrons. The molecule has 0 rings (SSSR count). The van der Waals surface area contributed by atoms with E-state index >= 15 is 0 Å². The van der Waals surface area contributed by atoms with E-state index in [-0.39, 0.29) is 0 Å². The molecule has 2 heteroatoms. The van der Waals surface area contributed by atoms with Crippen molar-refractivity contribution in [2.75, 3.05) is 18.3 Å². The first-order chi connectivity index (χ1) is 9.79. The minimum atomic E-state index is 0.906. The van der Waals surface area contributed by atoms with E-state index in [9.17, 15) is 0 Å². The molecule has 20 heavy (non-hydrogen) atoms. The zero-order chi connectivity index (χ0) is 15.1. The van der Waals surface area contributed by atoms with Gasteiger partial charge in [-0.2, -0.15) is 23.5 Å². The van der Waals surface area contributed by atoms with Crippen molar-refractivity contribution in [2.24, 2.45) is 5.92 Å². The molecule has 0 spiro atoms. The number of unbranched alkanes of at least 4 members (excludes halogenated alkanes) is 6. The molecule has 0 aromatic heterocycles. The zero-order valence-corrected chi connectivity index (χ0v) is 16.1. The van der Waals surface area contributed by atoms with E-state index in [4.69, 9.17) is 0 Å². The lowest BCUT2D eigenvalue weighted by Crippen LogP contribution is -2.16. The molecule has 0 saturated heterocycles. The topological polar surface area (TPSA) is 0 Å². The zero-order valence-electron chi connectivity index (χ0n) is 14.5. The van der Waals surface area contributed by atoms with Crippen molar-refractivity contribution < 1.29 is 0 Å². The Balaban J connectivity index is 3.67. The maximum Gasteiger partial charge on any atom is 0.00699 e. The van der Waals surface area contributed by atoms with Crippen LogP contribution in [0.15, 0.2) is 0 Å². The van der Waals surface area contributed by atoms with Gasteiger partial charge in [0.1, 0.15) is 0 Å². The maximum atomic E-state index is 2.37. The molecule has 0 aromatic carbocycles. The van der Waals surface area contributed by atoms with Crippen LogP contribution < -0.4 is 0 Å². The molecule has 2 unspecified atom stereocenters. The van der Waals surface area contributed by atoms with Crippen LogP contribution in [0.4, 0.5) is 0 Å². The van der Waals surface area contributed by atoms with Crippen molar-refractivity contribution >= 4 is 23.5 Å². The Morgan fingerprint density at radius 2 is 1.35 bits per heavy atom. The minimum absolute atomic E-state index is 0.906. The molecule has 0 nitrogen and oxygen atoms in total. The van der Waals surface area contributed by atoms with E-state index in [1.807, 2.05) is 11.8 Å². The Morgan fingerprint density at radius 3 is 1.90 bits per heavy atom. The van der Waals surface area contributed by atoms with Gasteiger partial charge in [0.15, 0.2) is 0 Å². The third-order valence-electron chi connectivity index (χ3n) is 4.33. The average Bonchev–Trinajstić information content (AvgIpc) is 2.47. The highest BCUT2D eigenvalue weighted by Gasteiger charge is 2.17. The van der Waals surface area contributed by atoms with Crippen LogP contribution in [0.5, 0.6) is 0 Å². The molecule has 0 heterocycles. The predicted octanol–water partition coefficient (Wildman–Crippen LogP) is 7.03. The van der Waals surface area contributed by atoms with Gasteiger partial charge in [-0.15, -0.1) is 0 Å². The number of rotatable bonds is 15. The Labute approximate surface area is 137 Å². The van der Waals surface area contributed by atoms with Gasteiger partial charge in [0, 0.05) is 5.25 Å². The Hall–Kier alpha value is 0.700. The van der Waals surface area contributed by atoms with Crippen molar-refractivity contribution in [3.63, 3.8) is 0 Å². The molecule has 0 radical (unpaired) electrons. The van der Waals surface area contributed by atoms with Crippen LogP contribution >= 0.6 is 23.5 Å². The molecule has 0 N–H and O–H groups in total. The standard InChI is InChI=1S/C18H38S2/c1-5-7-14-17(18(6-2)20-4)15-12-10-8-9-11-13-16-19-3/h17-18H,5-16H2,1-4H3. The van der Waals surface area contributed by atoms with Crippen LogP contribution in [0.25, 0.3) is 0 Å². The van der Waals surface area contributed by atoms with Gasteiger partial charge in [-0.3, -0.25) is 0 Å². The quantitative estimate of drug-likeness (QED) is 0.297. The van der Waals surface area contributed by atoms with Crippen molar-refractivity contribution in [2.45, 2.75) is 89.7 Å². The smallest absolute Gasteiger partial charge is 0.00699 e. The van der Waals surface area contributed by atoms with Crippen molar-refractivity contribution in [1.82, 2.24) is 0 Å². The summed E-state index contributed by atoms with van der Waals surface area (Å²) < 4.78 is 0. The molecule has 0 fully saturated rings. The average molecular weight is 319 g/mol. The Bertz CT molecular complexity index is 178. The molecule has 0 aliphatic heterocycles. The van der Waals surface area contributed by atoms with Gasteiger partial charge in [-0.25, -0.2) is 0 Å². The van der Waals surface area contributed by atoms with E-state index in [0.717, 1.165) is 11.2 Å². The van der Waals surface area contributed by atoms with Gasteiger partial charge in [0.05, 0.1) is 0 Å². The summed E-state index contributed by atoms with van der Waals surface area (Å²) in [7, 11) is 0. The van der Waals surface area contributed by atoms with Crippen LogP contribution in [0, 0.1) is 5.92 Å². The van der Waals surface area contributed by atoms with E-state index in [1.54, 1.807) is 0 Å². The second-order valence-electron chi connectivity index (χ2n) is 5.99. The molecule has 0 aliphatic carbocycles. The van der Waals surface area contributed by atoms with Gasteiger partial charge in [0.2, 0.25) is 0 Å². The van der Waals surface area contributed by atoms with Crippen LogP contribution in [0.2, 0.25) is 0 Å². The molecule has 0 amide bonds. The fourth-order valence-electron chi connectivity index (χ4n) is 3.03. The summed E-state index contributed by atoms with van der Waals surface area (Å²) in [6.07, 6.45) is 20.3. The second kappa shape index (κ2) is 16.1. The number of thioether (sulfide) groups is 2. The molecule has 0 bridgehead atoms. The highest BCUT2D eigenvalue weighted by Crippen LogP contribution is 2.29. The fourth-order valence-corrected chi connectivity index (χ4v) is 4.52. The predicted molar refractivity (Wildman–Crippen MR) is 101 cm³/mol. The van der Waals surface area contributed by atoms with Gasteiger partial charge >= 0.3 is 0 Å². The summed E-state index contributed by atoms with van der Waals surface area (Å²) >= 11 is 4.09. The molecule has 0 aromatic rings. The molecule has 2 atom stereocenters. The van der Waals surface area contributed by atoms with Gasteiger partial charge in [0.25, 0.3) is 0 Å². The normalized spacial score (nSPS) is 14.4. The maximum absolute atomic E-state index is 2.37. The van der Waals surface area contributed by atoms with Gasteiger partial charge in [-0.1, -0.05) is 58.8 Å². The Kier molecular flexibility index (Phi) is 16.6. The Morgan fingerprint density at radius 1 is 0.750 bits per heavy atom. The largest absolute Gasteiger partial charge is 0.165 e. The number of hydrogen-bond donors (Lipinski definition) is 0. The van der Waals surface area contributed by atoms with E-state index in [2.05, 4.69) is 38.1 Å². The lowest BCUT2D eigenvalue weighted by atomic mass is 9.91. The summed E-state index contributed by atoms with van der Waals surface area (Å²) in [5.41, 5.74) is 0. The summed E-state index contributed by atoms with van der Waals surface area (Å²) in [4.78, 5) is 0. The lowest BCUT2D eigenvalue weighted by molar-refractivity contribution is 0.393. The third-order valence-corrected chi connectivity index (χ3v) is 6.35. The van der Waals surface area contributed by atoms with Crippen LogP contribution in [-0.2, 0) is 0 Å². The van der Waals surface area contributed by atoms with Gasteiger partial charge < -0.3 is 0 Å². The van der Waals surface area contributed by atoms with E-state index < -0.39 is 0 Å². The van der Waals surface area contributed by atoms with Crippen molar-refractivity contribution in [1.29, 1.82) is 0 Å². The first-order valence-corrected chi connectivity index (χ1v) is 11.5. The summed E-state index contributed by atoms with van der Waals surface area (Å²) in [5, 5.41) is 0.906. The SMILES string of the molecule is CCCCC(CCCCCCCCSC)C(CC)SC. The molecular weight excluding hydrogens is 280 g/mol. The van der Waals surface area contributed by atoms with Crippen LogP contribution in [-0.4, -0.2) is 23.5 Å². The van der Waals surface area contributed by atoms with E-state index in [0.29, 0.717) is 0 Å². The van der Waals surface area contributed by atoms with Crippen LogP contribution in [0.3, 0.4) is 0 Å². The minimum Gasteiger partial charge on any atom is -0.165 e. The third kappa shape index (κ3) is 11.4.